The summed E-state index contributed by atoms with van der Waals surface area (Å²) in [5.41, 5.74) is 2.49. The maximum Gasteiger partial charge on any atom is 0.514 e. The van der Waals surface area contributed by atoms with E-state index in [1.807, 2.05) is 30.3 Å². The molecule has 5 rings (SSSR count). The number of Topliss-reactive ketones (excluding diaryl/α,β-unsaturated/α-hetero) is 1. The summed E-state index contributed by atoms with van der Waals surface area (Å²) in [6.45, 7) is 0.0763. The average Bonchev–Trinajstić information content (AvgIpc) is 2.97. The van der Waals surface area contributed by atoms with Gasteiger partial charge in [-0.05, 0) is 78.2 Å². The smallest absolute Gasteiger partial charge is 0.429 e. The van der Waals surface area contributed by atoms with Crippen molar-refractivity contribution in [2.45, 2.75) is 25.5 Å². The van der Waals surface area contributed by atoms with Gasteiger partial charge in [-0.25, -0.2) is 13.6 Å². The molecule has 0 N–H and O–H groups in total. The van der Waals surface area contributed by atoms with E-state index in [2.05, 4.69) is 0 Å². The van der Waals surface area contributed by atoms with Gasteiger partial charge in [0.1, 0.15) is 24.0 Å². The molecule has 1 heterocycles. The molecule has 0 aromatic heterocycles. The first-order valence-electron chi connectivity index (χ1n) is 12.7. The summed E-state index contributed by atoms with van der Waals surface area (Å²) in [5, 5.41) is 0. The summed E-state index contributed by atoms with van der Waals surface area (Å²) >= 11 is 0. The summed E-state index contributed by atoms with van der Waals surface area (Å²) in [6, 6.07) is 26.4. The van der Waals surface area contributed by atoms with Crippen LogP contribution in [0.25, 0.3) is 0 Å². The molecule has 40 heavy (non-hydrogen) atoms. The highest BCUT2D eigenvalue weighted by atomic mass is 19.1. The topological polar surface area (TPSA) is 72.9 Å². The lowest BCUT2D eigenvalue weighted by atomic mass is 9.78. The molecule has 1 fully saturated rings. The summed E-state index contributed by atoms with van der Waals surface area (Å²) in [7, 11) is 0. The molecule has 0 aliphatic carbocycles. The maximum atomic E-state index is 13.5. The lowest BCUT2D eigenvalue weighted by Gasteiger charge is -2.47. The first-order chi connectivity index (χ1) is 19.4. The number of rotatable bonds is 9. The Morgan fingerprint density at radius 3 is 2.05 bits per heavy atom. The Bertz CT molecular complexity index is 1490. The molecular weight excluding hydrogens is 516 g/mol. The van der Waals surface area contributed by atoms with Crippen molar-refractivity contribution in [3.05, 3.63) is 131 Å². The third kappa shape index (κ3) is 6.07. The number of nitrogens with zero attached hydrogens (tertiary/aromatic N) is 1. The van der Waals surface area contributed by atoms with Gasteiger partial charge in [0.2, 0.25) is 5.91 Å². The van der Waals surface area contributed by atoms with E-state index in [0.717, 1.165) is 11.1 Å². The number of ketones is 1. The standard InChI is InChI=1S/C32H25F2NO5/c33-24-10-6-22(7-11-24)29(36)19-18-28-30(35(31(28)37)26-14-12-25(34)13-15-26)23-8-16-27(17-9-23)40-32(38)39-20-21-4-2-1-3-5-21/h1-17,28,30H,18-20H2/t28?,30-/m1/s1. The predicted molar refractivity (Wildman–Crippen MR) is 144 cm³/mol. The number of ether oxygens (including phenoxy) is 2. The summed E-state index contributed by atoms with van der Waals surface area (Å²) in [4.78, 5) is 39.6. The number of carbonyl (C=O) groups is 3. The number of carbonyl (C=O) groups excluding carboxylic acids is 3. The number of amides is 1. The van der Waals surface area contributed by atoms with Gasteiger partial charge in [0.05, 0.1) is 12.0 Å². The Balaban J connectivity index is 1.28. The Hall–Kier alpha value is -4.85. The van der Waals surface area contributed by atoms with E-state index in [0.29, 0.717) is 11.3 Å². The van der Waals surface area contributed by atoms with Gasteiger partial charge in [0.15, 0.2) is 5.78 Å². The van der Waals surface area contributed by atoms with Crippen molar-refractivity contribution < 1.29 is 32.6 Å². The Labute approximate surface area is 229 Å². The van der Waals surface area contributed by atoms with E-state index in [4.69, 9.17) is 9.47 Å². The maximum absolute atomic E-state index is 13.5. The predicted octanol–water partition coefficient (Wildman–Crippen LogP) is 7.05. The fourth-order valence-electron chi connectivity index (χ4n) is 4.74. The van der Waals surface area contributed by atoms with Gasteiger partial charge in [0.25, 0.3) is 0 Å². The van der Waals surface area contributed by atoms with Gasteiger partial charge >= 0.3 is 6.16 Å². The Kier molecular flexibility index (Phi) is 7.96. The monoisotopic (exact) mass is 541 g/mol. The quantitative estimate of drug-likeness (QED) is 0.0983. The minimum Gasteiger partial charge on any atom is -0.429 e. The third-order valence-electron chi connectivity index (χ3n) is 6.79. The molecule has 1 amide bonds. The molecule has 2 atom stereocenters. The van der Waals surface area contributed by atoms with Gasteiger partial charge < -0.3 is 14.4 Å². The number of halogens is 2. The molecule has 0 saturated carbocycles. The zero-order valence-electron chi connectivity index (χ0n) is 21.3. The van der Waals surface area contributed by atoms with Crippen molar-refractivity contribution >= 4 is 23.5 Å². The van der Waals surface area contributed by atoms with Crippen LogP contribution >= 0.6 is 0 Å². The van der Waals surface area contributed by atoms with Crippen molar-refractivity contribution in [3.8, 4) is 5.75 Å². The van der Waals surface area contributed by atoms with Crippen molar-refractivity contribution in [2.75, 3.05) is 4.90 Å². The molecule has 1 aliphatic rings. The summed E-state index contributed by atoms with van der Waals surface area (Å²) in [6.07, 6.45) is -0.466. The van der Waals surface area contributed by atoms with Crippen molar-refractivity contribution in [1.29, 1.82) is 0 Å². The van der Waals surface area contributed by atoms with Crippen LogP contribution < -0.4 is 9.64 Å². The van der Waals surface area contributed by atoms with E-state index >= 15 is 0 Å². The van der Waals surface area contributed by atoms with Gasteiger partial charge in [0, 0.05) is 17.7 Å². The molecule has 0 radical (unpaired) electrons. The van der Waals surface area contributed by atoms with Gasteiger partial charge in [-0.3, -0.25) is 9.59 Å². The number of anilines is 1. The van der Waals surface area contributed by atoms with Crippen LogP contribution in [0.1, 0.15) is 40.4 Å². The van der Waals surface area contributed by atoms with Crippen LogP contribution in [0, 0.1) is 17.6 Å². The average molecular weight is 542 g/mol. The van der Waals surface area contributed by atoms with Gasteiger partial charge in [-0.2, -0.15) is 0 Å². The van der Waals surface area contributed by atoms with Gasteiger partial charge in [-0.1, -0.05) is 42.5 Å². The first kappa shape index (κ1) is 26.7. The van der Waals surface area contributed by atoms with E-state index in [1.54, 1.807) is 29.2 Å². The van der Waals surface area contributed by atoms with Crippen molar-refractivity contribution in [1.82, 2.24) is 0 Å². The Morgan fingerprint density at radius 2 is 1.40 bits per heavy atom. The normalized spacial score (nSPS) is 16.2. The molecule has 1 aliphatic heterocycles. The van der Waals surface area contributed by atoms with Crippen LogP contribution in [0.15, 0.2) is 103 Å². The first-order valence-corrected chi connectivity index (χ1v) is 12.7. The van der Waals surface area contributed by atoms with E-state index in [1.165, 1.54) is 48.5 Å². The molecule has 0 spiro atoms. The summed E-state index contributed by atoms with van der Waals surface area (Å²) < 4.78 is 37.2. The highest BCUT2D eigenvalue weighted by molar-refractivity contribution is 6.04. The van der Waals surface area contributed by atoms with Crippen LogP contribution in [0.5, 0.6) is 5.75 Å². The molecule has 8 heteroatoms. The number of hydrogen-bond donors (Lipinski definition) is 0. The van der Waals surface area contributed by atoms with E-state index in [-0.39, 0.29) is 36.9 Å². The zero-order chi connectivity index (χ0) is 28.1. The number of hydrogen-bond acceptors (Lipinski definition) is 5. The second-order valence-electron chi connectivity index (χ2n) is 9.40. The highest BCUT2D eigenvalue weighted by Gasteiger charge is 2.48. The molecule has 1 saturated heterocycles. The number of benzene rings is 4. The number of β-lactam (4-membered cyclic amide) rings is 1. The lowest BCUT2D eigenvalue weighted by Crippen LogP contribution is -2.55. The second-order valence-corrected chi connectivity index (χ2v) is 9.40. The largest absolute Gasteiger partial charge is 0.514 e. The van der Waals surface area contributed by atoms with Crippen molar-refractivity contribution in [3.63, 3.8) is 0 Å². The Morgan fingerprint density at radius 1 is 0.775 bits per heavy atom. The molecule has 4 aromatic rings. The summed E-state index contributed by atoms with van der Waals surface area (Å²) in [5.74, 6) is -1.47. The third-order valence-corrected chi connectivity index (χ3v) is 6.79. The SMILES string of the molecule is O=C(OCc1ccccc1)Oc1ccc([C@@H]2C(CCC(=O)c3ccc(F)cc3)C(=O)N2c2ccc(F)cc2)cc1. The molecule has 0 bridgehead atoms. The minimum atomic E-state index is -0.847. The van der Waals surface area contributed by atoms with Crippen LogP contribution in [0.4, 0.5) is 19.3 Å². The van der Waals surface area contributed by atoms with E-state index in [9.17, 15) is 23.2 Å². The molecule has 6 nitrogen and oxygen atoms in total. The fraction of sp³-hybridized carbons (Fsp3) is 0.156. The van der Waals surface area contributed by atoms with Crippen molar-refractivity contribution in [2.24, 2.45) is 5.92 Å². The molecule has 4 aromatic carbocycles. The highest BCUT2D eigenvalue weighted by Crippen LogP contribution is 2.46. The fourth-order valence-corrected chi connectivity index (χ4v) is 4.74. The molecule has 1 unspecified atom stereocenters. The zero-order valence-corrected chi connectivity index (χ0v) is 21.3. The molecule has 202 valence electrons. The van der Waals surface area contributed by atoms with Crippen LogP contribution in [0.3, 0.4) is 0 Å². The lowest BCUT2D eigenvalue weighted by molar-refractivity contribution is -0.130. The second kappa shape index (κ2) is 11.9. The molecular formula is C32H25F2NO5. The van der Waals surface area contributed by atoms with Crippen LogP contribution in [-0.2, 0) is 16.1 Å². The van der Waals surface area contributed by atoms with Crippen LogP contribution in [-0.4, -0.2) is 17.8 Å². The van der Waals surface area contributed by atoms with Gasteiger partial charge in [-0.15, -0.1) is 0 Å². The van der Waals surface area contributed by atoms with Crippen LogP contribution in [0.2, 0.25) is 0 Å². The minimum absolute atomic E-state index is 0.0763. The van der Waals surface area contributed by atoms with E-state index < -0.39 is 29.7 Å².